The predicted octanol–water partition coefficient (Wildman–Crippen LogP) is 1.72. The molecule has 0 spiro atoms. The number of rotatable bonds is 2. The van der Waals surface area contributed by atoms with Crippen LogP contribution in [0.3, 0.4) is 0 Å². The van der Waals surface area contributed by atoms with Gasteiger partial charge in [0, 0.05) is 0 Å². The second kappa shape index (κ2) is 3.28. The maximum absolute atomic E-state index is 10.7. The van der Waals surface area contributed by atoms with Crippen molar-refractivity contribution < 1.29 is 9.53 Å². The molecule has 9 heavy (non-hydrogen) atoms. The van der Waals surface area contributed by atoms with E-state index in [4.69, 9.17) is 0 Å². The summed E-state index contributed by atoms with van der Waals surface area (Å²) < 4.78 is 4.68. The molecule has 0 N–H and O–H groups in total. The van der Waals surface area contributed by atoms with Gasteiger partial charge in [0.1, 0.15) is 0 Å². The molecule has 2 heteroatoms. The second-order valence-corrected chi connectivity index (χ2v) is 2.28. The Hall–Kier alpha value is -0.790. The number of ether oxygens (including phenoxy) is 1. The van der Waals surface area contributed by atoms with Gasteiger partial charge < -0.3 is 4.74 Å². The number of hydrogen-bond acceptors (Lipinski definition) is 2. The number of hydrogen-bond donors (Lipinski definition) is 0. The maximum Gasteiger partial charge on any atom is 0.313 e. The van der Waals surface area contributed by atoms with E-state index in [1.165, 1.54) is 0 Å². The summed E-state index contributed by atoms with van der Waals surface area (Å²) in [4.78, 5) is 10.7. The number of esters is 1. The molecule has 0 bridgehead atoms. The second-order valence-electron chi connectivity index (χ2n) is 2.28. The fourth-order valence-electron chi connectivity index (χ4n) is 0.290. The van der Waals surface area contributed by atoms with Gasteiger partial charge in [0.05, 0.1) is 11.7 Å². The fraction of sp³-hybridized carbons (Fsp3) is 0.571. The van der Waals surface area contributed by atoms with Crippen molar-refractivity contribution >= 4 is 5.97 Å². The van der Waals surface area contributed by atoms with Gasteiger partial charge in [-0.25, -0.2) is 0 Å². The molecule has 0 saturated carbocycles. The molecule has 0 heterocycles. The van der Waals surface area contributed by atoms with Gasteiger partial charge in [0.2, 0.25) is 0 Å². The van der Waals surface area contributed by atoms with E-state index in [0.717, 1.165) is 0 Å². The van der Waals surface area contributed by atoms with E-state index in [1.807, 2.05) is 0 Å². The van der Waals surface area contributed by atoms with Crippen LogP contribution in [-0.2, 0) is 9.53 Å². The largest absolute Gasteiger partial charge is 0.432 e. The van der Waals surface area contributed by atoms with Gasteiger partial charge in [0.15, 0.2) is 0 Å². The highest BCUT2D eigenvalue weighted by Crippen LogP contribution is 1.99. The third-order valence-corrected chi connectivity index (χ3v) is 0.746. The molecule has 0 radical (unpaired) electrons. The molecule has 0 atom stereocenters. The Labute approximate surface area is 55.5 Å². The molecule has 0 aromatic rings. The number of carbonyl (C=O) groups excluding carboxylic acids is 1. The van der Waals surface area contributed by atoms with Crippen molar-refractivity contribution in [3.05, 3.63) is 12.3 Å². The molecular weight excluding hydrogens is 116 g/mol. The Kier molecular flexibility index (Phi) is 2.99. The Morgan fingerprint density at radius 1 is 1.56 bits per heavy atom. The van der Waals surface area contributed by atoms with Crippen molar-refractivity contribution in [3.63, 3.8) is 0 Å². The molecule has 0 amide bonds. The van der Waals surface area contributed by atoms with Crippen LogP contribution < -0.4 is 0 Å². The summed E-state index contributed by atoms with van der Waals surface area (Å²) in [5.74, 6) is 0.165. The van der Waals surface area contributed by atoms with E-state index in [2.05, 4.69) is 11.3 Å². The minimum atomic E-state index is -0.220. The summed E-state index contributed by atoms with van der Waals surface area (Å²) in [5.41, 5.74) is 0. The lowest BCUT2D eigenvalue weighted by Gasteiger charge is -2.03. The monoisotopic (exact) mass is 128 g/mol. The molecule has 0 aliphatic rings. The first-order valence-corrected chi connectivity index (χ1v) is 2.91. The van der Waals surface area contributed by atoms with Crippen LogP contribution in [0, 0.1) is 5.92 Å². The molecule has 0 saturated heterocycles. The van der Waals surface area contributed by atoms with Crippen molar-refractivity contribution in [2.75, 3.05) is 0 Å². The summed E-state index contributed by atoms with van der Waals surface area (Å²) in [6.07, 6.45) is 0. The van der Waals surface area contributed by atoms with E-state index >= 15 is 0 Å². The predicted molar refractivity (Wildman–Crippen MR) is 35.7 cm³/mol. The minimum Gasteiger partial charge on any atom is -0.432 e. The van der Waals surface area contributed by atoms with Crippen LogP contribution in [-0.4, -0.2) is 5.97 Å². The standard InChI is InChI=1S/C7H12O2/c1-5(2)7(8)9-6(3)4/h5H,3H2,1-2,4H3. The van der Waals surface area contributed by atoms with Gasteiger partial charge in [-0.1, -0.05) is 20.4 Å². The zero-order chi connectivity index (χ0) is 7.44. The lowest BCUT2D eigenvalue weighted by molar-refractivity contribution is -0.142. The van der Waals surface area contributed by atoms with Crippen LogP contribution in [0.2, 0.25) is 0 Å². The Morgan fingerprint density at radius 2 is 2.00 bits per heavy atom. The highest BCUT2D eigenvalue weighted by molar-refractivity contribution is 5.72. The van der Waals surface area contributed by atoms with Gasteiger partial charge >= 0.3 is 5.97 Å². The zero-order valence-corrected chi connectivity index (χ0v) is 6.10. The Morgan fingerprint density at radius 3 is 2.11 bits per heavy atom. The molecule has 2 nitrogen and oxygen atoms in total. The Bertz CT molecular complexity index is 125. The molecule has 52 valence electrons. The van der Waals surface area contributed by atoms with Crippen molar-refractivity contribution in [1.29, 1.82) is 0 Å². The fourth-order valence-corrected chi connectivity index (χ4v) is 0.290. The molecule has 0 aliphatic heterocycles. The van der Waals surface area contributed by atoms with E-state index in [-0.39, 0.29) is 11.9 Å². The van der Waals surface area contributed by atoms with Crippen molar-refractivity contribution in [2.24, 2.45) is 5.92 Å². The topological polar surface area (TPSA) is 26.3 Å². The third kappa shape index (κ3) is 3.76. The van der Waals surface area contributed by atoms with E-state index in [9.17, 15) is 4.79 Å². The summed E-state index contributed by atoms with van der Waals surface area (Å²) in [7, 11) is 0. The van der Waals surface area contributed by atoms with Crippen molar-refractivity contribution in [2.45, 2.75) is 20.8 Å². The quantitative estimate of drug-likeness (QED) is 0.418. The van der Waals surface area contributed by atoms with Gasteiger partial charge in [-0.15, -0.1) is 0 Å². The molecule has 0 aromatic heterocycles. The Balaban J connectivity index is 3.64. The number of carbonyl (C=O) groups is 1. The lowest BCUT2D eigenvalue weighted by Crippen LogP contribution is -2.09. The molecule has 0 aliphatic carbocycles. The van der Waals surface area contributed by atoms with Crippen LogP contribution in [0.1, 0.15) is 20.8 Å². The average molecular weight is 128 g/mol. The highest BCUT2D eigenvalue weighted by atomic mass is 16.5. The zero-order valence-electron chi connectivity index (χ0n) is 6.10. The van der Waals surface area contributed by atoms with Crippen LogP contribution in [0.5, 0.6) is 0 Å². The van der Waals surface area contributed by atoms with Gasteiger partial charge in [0.25, 0.3) is 0 Å². The minimum absolute atomic E-state index is 0.0679. The molecular formula is C7H12O2. The van der Waals surface area contributed by atoms with Crippen LogP contribution >= 0.6 is 0 Å². The van der Waals surface area contributed by atoms with Gasteiger partial charge in [-0.2, -0.15) is 0 Å². The average Bonchev–Trinajstić information content (AvgIpc) is 1.63. The third-order valence-electron chi connectivity index (χ3n) is 0.746. The summed E-state index contributed by atoms with van der Waals surface area (Å²) in [6.45, 7) is 8.65. The summed E-state index contributed by atoms with van der Waals surface area (Å²) in [5, 5.41) is 0. The van der Waals surface area contributed by atoms with Crippen molar-refractivity contribution in [1.82, 2.24) is 0 Å². The molecule has 0 rings (SSSR count). The highest BCUT2D eigenvalue weighted by Gasteiger charge is 2.07. The van der Waals surface area contributed by atoms with Gasteiger partial charge in [-0.3, -0.25) is 4.79 Å². The molecule has 0 unspecified atom stereocenters. The normalized spacial score (nSPS) is 9.33. The lowest BCUT2D eigenvalue weighted by atomic mass is 10.2. The smallest absolute Gasteiger partial charge is 0.313 e. The van der Waals surface area contributed by atoms with Crippen LogP contribution in [0.15, 0.2) is 12.3 Å². The van der Waals surface area contributed by atoms with Gasteiger partial charge in [-0.05, 0) is 6.92 Å². The van der Waals surface area contributed by atoms with E-state index < -0.39 is 0 Å². The summed E-state index contributed by atoms with van der Waals surface area (Å²) >= 11 is 0. The summed E-state index contributed by atoms with van der Waals surface area (Å²) in [6, 6.07) is 0. The van der Waals surface area contributed by atoms with Crippen molar-refractivity contribution in [3.8, 4) is 0 Å². The molecule has 0 aromatic carbocycles. The number of allylic oxidation sites excluding steroid dienone is 1. The SMILES string of the molecule is C=C(C)OC(=O)C(C)C. The van der Waals surface area contributed by atoms with E-state index in [1.54, 1.807) is 20.8 Å². The first kappa shape index (κ1) is 8.21. The first-order chi connectivity index (χ1) is 4.04. The first-order valence-electron chi connectivity index (χ1n) is 2.91. The maximum atomic E-state index is 10.7. The molecule has 0 fully saturated rings. The van der Waals surface area contributed by atoms with Crippen LogP contribution in [0.25, 0.3) is 0 Å². The van der Waals surface area contributed by atoms with Crippen LogP contribution in [0.4, 0.5) is 0 Å². The van der Waals surface area contributed by atoms with E-state index in [0.29, 0.717) is 5.76 Å².